The summed E-state index contributed by atoms with van der Waals surface area (Å²) in [5, 5.41) is 9.79. The van der Waals surface area contributed by atoms with Crippen LogP contribution >= 0.6 is 0 Å². The fraction of sp³-hybridized carbons (Fsp3) is 0.133. The van der Waals surface area contributed by atoms with Gasteiger partial charge in [0.15, 0.2) is 0 Å². The number of phenols is 1. The highest BCUT2D eigenvalue weighted by Gasteiger charge is 2.30. The van der Waals surface area contributed by atoms with Gasteiger partial charge in [-0.15, -0.1) is 13.2 Å². The maximum atomic E-state index is 12.1. The van der Waals surface area contributed by atoms with Crippen LogP contribution < -0.4 is 4.74 Å². The summed E-state index contributed by atoms with van der Waals surface area (Å²) in [5.74, 6) is -1.30. The molecule has 0 heterocycles. The lowest BCUT2D eigenvalue weighted by Gasteiger charge is -2.10. The number of carbonyl (C=O) groups excluding carboxylic acids is 1. The zero-order valence-corrected chi connectivity index (χ0v) is 11.3. The average Bonchev–Trinajstić information content (AvgIpc) is 2.45. The SMILES string of the molecule is COC(=O)c1ccc(-c2ccc(OC(F)(F)F)cc2)cc1O. The fourth-order valence-corrected chi connectivity index (χ4v) is 1.84. The summed E-state index contributed by atoms with van der Waals surface area (Å²) in [6.45, 7) is 0. The van der Waals surface area contributed by atoms with Crippen molar-refractivity contribution in [2.24, 2.45) is 0 Å². The second-order valence-electron chi connectivity index (χ2n) is 4.30. The molecule has 22 heavy (non-hydrogen) atoms. The topological polar surface area (TPSA) is 55.8 Å². The van der Waals surface area contributed by atoms with Crippen LogP contribution in [0.4, 0.5) is 13.2 Å². The zero-order valence-electron chi connectivity index (χ0n) is 11.3. The van der Waals surface area contributed by atoms with E-state index < -0.39 is 12.3 Å². The summed E-state index contributed by atoms with van der Waals surface area (Å²) < 4.78 is 44.5. The van der Waals surface area contributed by atoms with Gasteiger partial charge in [0.05, 0.1) is 7.11 Å². The third-order valence-corrected chi connectivity index (χ3v) is 2.82. The van der Waals surface area contributed by atoms with E-state index in [2.05, 4.69) is 9.47 Å². The first-order valence-corrected chi connectivity index (χ1v) is 6.07. The number of alkyl halides is 3. The summed E-state index contributed by atoms with van der Waals surface area (Å²) in [4.78, 5) is 11.4. The molecule has 116 valence electrons. The molecule has 1 N–H and O–H groups in total. The van der Waals surface area contributed by atoms with E-state index in [1.54, 1.807) is 6.07 Å². The minimum absolute atomic E-state index is 0.00303. The van der Waals surface area contributed by atoms with Crippen molar-refractivity contribution in [3.63, 3.8) is 0 Å². The molecular weight excluding hydrogens is 301 g/mol. The molecular formula is C15H11F3O4. The Balaban J connectivity index is 2.25. The Kier molecular flexibility index (Phi) is 4.25. The summed E-state index contributed by atoms with van der Waals surface area (Å²) in [7, 11) is 1.19. The second kappa shape index (κ2) is 5.97. The third-order valence-electron chi connectivity index (χ3n) is 2.82. The second-order valence-corrected chi connectivity index (χ2v) is 4.30. The maximum absolute atomic E-state index is 12.1. The van der Waals surface area contributed by atoms with Crippen LogP contribution in [0.2, 0.25) is 0 Å². The molecule has 0 atom stereocenters. The zero-order chi connectivity index (χ0) is 16.3. The smallest absolute Gasteiger partial charge is 0.507 e. The highest BCUT2D eigenvalue weighted by Crippen LogP contribution is 2.29. The molecule has 0 saturated heterocycles. The summed E-state index contributed by atoms with van der Waals surface area (Å²) >= 11 is 0. The Hall–Kier alpha value is -2.70. The number of esters is 1. The number of methoxy groups -OCH3 is 1. The number of hydrogen-bond donors (Lipinski definition) is 1. The van der Waals surface area contributed by atoms with Crippen LogP contribution in [-0.4, -0.2) is 24.5 Å². The highest BCUT2D eigenvalue weighted by atomic mass is 19.4. The van der Waals surface area contributed by atoms with Crippen LogP contribution in [0.15, 0.2) is 42.5 Å². The first-order chi connectivity index (χ1) is 10.3. The Morgan fingerprint density at radius 1 is 1.05 bits per heavy atom. The normalized spacial score (nSPS) is 11.1. The molecule has 0 bridgehead atoms. The predicted octanol–water partition coefficient (Wildman–Crippen LogP) is 3.74. The van der Waals surface area contributed by atoms with E-state index in [0.717, 1.165) is 12.1 Å². The van der Waals surface area contributed by atoms with E-state index in [1.165, 1.54) is 31.4 Å². The third kappa shape index (κ3) is 3.69. The largest absolute Gasteiger partial charge is 0.573 e. The molecule has 0 aliphatic rings. The number of aromatic hydroxyl groups is 1. The lowest BCUT2D eigenvalue weighted by Crippen LogP contribution is -2.16. The quantitative estimate of drug-likeness (QED) is 0.877. The Bertz CT molecular complexity index is 678. The van der Waals surface area contributed by atoms with Crippen LogP contribution in [0.25, 0.3) is 11.1 Å². The van der Waals surface area contributed by atoms with Crippen molar-refractivity contribution in [3.8, 4) is 22.6 Å². The van der Waals surface area contributed by atoms with Gasteiger partial charge in [-0.2, -0.15) is 0 Å². The Labute approximate surface area is 123 Å². The molecule has 2 aromatic rings. The van der Waals surface area contributed by atoms with Crippen molar-refractivity contribution in [2.45, 2.75) is 6.36 Å². The van der Waals surface area contributed by atoms with Gasteiger partial charge in [-0.3, -0.25) is 0 Å². The number of benzene rings is 2. The van der Waals surface area contributed by atoms with Gasteiger partial charge in [0.2, 0.25) is 0 Å². The molecule has 0 amide bonds. The average molecular weight is 312 g/mol. The van der Waals surface area contributed by atoms with E-state index in [1.807, 2.05) is 0 Å². The van der Waals surface area contributed by atoms with Crippen LogP contribution in [0.1, 0.15) is 10.4 Å². The number of ether oxygens (including phenoxy) is 2. The minimum Gasteiger partial charge on any atom is -0.507 e. The van der Waals surface area contributed by atoms with E-state index in [4.69, 9.17) is 0 Å². The van der Waals surface area contributed by atoms with Crippen molar-refractivity contribution in [3.05, 3.63) is 48.0 Å². The van der Waals surface area contributed by atoms with Crippen LogP contribution in [0, 0.1) is 0 Å². The van der Waals surface area contributed by atoms with Crippen molar-refractivity contribution < 1.29 is 32.5 Å². The number of rotatable bonds is 3. The van der Waals surface area contributed by atoms with Gasteiger partial charge in [0.25, 0.3) is 0 Å². The number of hydrogen-bond acceptors (Lipinski definition) is 4. The molecule has 7 heteroatoms. The van der Waals surface area contributed by atoms with Gasteiger partial charge in [-0.05, 0) is 35.4 Å². The van der Waals surface area contributed by atoms with E-state index in [9.17, 15) is 23.1 Å². The van der Waals surface area contributed by atoms with Crippen molar-refractivity contribution in [1.82, 2.24) is 0 Å². The molecule has 0 saturated carbocycles. The minimum atomic E-state index is -4.75. The van der Waals surface area contributed by atoms with Gasteiger partial charge in [0.1, 0.15) is 17.1 Å². The van der Waals surface area contributed by atoms with E-state index >= 15 is 0 Å². The molecule has 0 unspecified atom stereocenters. The van der Waals surface area contributed by atoms with Gasteiger partial charge < -0.3 is 14.6 Å². The van der Waals surface area contributed by atoms with Gasteiger partial charge in [-0.25, -0.2) is 4.79 Å². The summed E-state index contributed by atoms with van der Waals surface area (Å²) in [5.41, 5.74) is 1.09. The van der Waals surface area contributed by atoms with Crippen LogP contribution in [-0.2, 0) is 4.74 Å². The molecule has 0 radical (unpaired) electrons. The molecule has 0 aromatic heterocycles. The monoisotopic (exact) mass is 312 g/mol. The standard InChI is InChI=1S/C15H11F3O4/c1-21-14(20)12-7-4-10(8-13(12)19)9-2-5-11(6-3-9)22-15(16,17)18/h2-8,19H,1H3. The molecule has 0 spiro atoms. The molecule has 4 nitrogen and oxygen atoms in total. The summed E-state index contributed by atoms with van der Waals surface area (Å²) in [6, 6.07) is 9.39. The molecule has 0 fully saturated rings. The summed E-state index contributed by atoms with van der Waals surface area (Å²) in [6.07, 6.45) is -4.75. The van der Waals surface area contributed by atoms with Gasteiger partial charge in [0, 0.05) is 0 Å². The predicted molar refractivity (Wildman–Crippen MR) is 71.6 cm³/mol. The lowest BCUT2D eigenvalue weighted by molar-refractivity contribution is -0.274. The number of halogens is 3. The molecule has 2 aromatic carbocycles. The van der Waals surface area contributed by atoms with Crippen molar-refractivity contribution >= 4 is 5.97 Å². The van der Waals surface area contributed by atoms with E-state index in [-0.39, 0.29) is 17.1 Å². The van der Waals surface area contributed by atoms with Crippen molar-refractivity contribution in [2.75, 3.05) is 7.11 Å². The van der Waals surface area contributed by atoms with Crippen LogP contribution in [0.5, 0.6) is 11.5 Å². The molecule has 2 rings (SSSR count). The Morgan fingerprint density at radius 3 is 2.14 bits per heavy atom. The lowest BCUT2D eigenvalue weighted by atomic mass is 10.0. The molecule has 0 aliphatic heterocycles. The van der Waals surface area contributed by atoms with Gasteiger partial charge >= 0.3 is 12.3 Å². The fourth-order valence-electron chi connectivity index (χ4n) is 1.84. The number of phenolic OH excluding ortho intramolecular Hbond substituents is 1. The van der Waals surface area contributed by atoms with Gasteiger partial charge in [-0.1, -0.05) is 18.2 Å². The first kappa shape index (κ1) is 15.7. The Morgan fingerprint density at radius 2 is 1.64 bits per heavy atom. The van der Waals surface area contributed by atoms with Crippen molar-refractivity contribution in [1.29, 1.82) is 0 Å². The first-order valence-electron chi connectivity index (χ1n) is 6.07. The number of carbonyl (C=O) groups is 1. The molecule has 0 aliphatic carbocycles. The maximum Gasteiger partial charge on any atom is 0.573 e. The van der Waals surface area contributed by atoms with E-state index in [0.29, 0.717) is 11.1 Å². The van der Waals surface area contributed by atoms with Crippen LogP contribution in [0.3, 0.4) is 0 Å². The highest BCUT2D eigenvalue weighted by molar-refractivity contribution is 5.93.